The van der Waals surface area contributed by atoms with Crippen LogP contribution in [0.5, 0.6) is 0 Å². The first-order valence-electron chi connectivity index (χ1n) is 8.41. The maximum atomic E-state index is 15.1. The Labute approximate surface area is 150 Å². The van der Waals surface area contributed by atoms with Crippen LogP contribution in [-0.4, -0.2) is 34.5 Å². The average Bonchev–Trinajstić information content (AvgIpc) is 2.96. The van der Waals surface area contributed by atoms with Crippen LogP contribution in [0, 0.1) is 11.6 Å². The molecule has 2 aromatic rings. The minimum Gasteiger partial charge on any atom is -0.390 e. The van der Waals surface area contributed by atoms with Gasteiger partial charge in [-0.25, -0.2) is 13.8 Å². The number of nitrogens with two attached hydrogens (primary N) is 1. The molecule has 3 rings (SSSR count). The molecule has 1 aromatic carbocycles. The lowest BCUT2D eigenvalue weighted by molar-refractivity contribution is -0.0591. The van der Waals surface area contributed by atoms with Gasteiger partial charge in [-0.1, -0.05) is 0 Å². The molecule has 0 bridgehead atoms. The van der Waals surface area contributed by atoms with E-state index < -0.39 is 28.9 Å². The summed E-state index contributed by atoms with van der Waals surface area (Å²) in [5.41, 5.74) is 3.61. The van der Waals surface area contributed by atoms with E-state index in [1.165, 1.54) is 44.2 Å². The quantitative estimate of drug-likeness (QED) is 0.774. The molecule has 0 saturated carbocycles. The molecule has 0 aliphatic carbocycles. The Balaban J connectivity index is 2.26. The monoisotopic (exact) mass is 364 g/mol. The molecule has 0 amide bonds. The van der Waals surface area contributed by atoms with Gasteiger partial charge in [-0.05, 0) is 50.6 Å². The first-order chi connectivity index (χ1) is 12.2. The highest BCUT2D eigenvalue weighted by atomic mass is 19.1. The SMILES string of the molecule is CC(C)(O)c1cc(C2(CN)OCCC2O)nc(-c2ccc(F)cc2)c1F. The number of aromatic nitrogens is 1. The van der Waals surface area contributed by atoms with E-state index in [1.54, 1.807) is 0 Å². The number of hydrogen-bond donors (Lipinski definition) is 3. The number of halogens is 2. The van der Waals surface area contributed by atoms with Gasteiger partial charge in [-0.15, -0.1) is 0 Å². The van der Waals surface area contributed by atoms with E-state index >= 15 is 4.39 Å². The summed E-state index contributed by atoms with van der Waals surface area (Å²) >= 11 is 0. The lowest BCUT2D eigenvalue weighted by atomic mass is 9.87. The van der Waals surface area contributed by atoms with Gasteiger partial charge in [0, 0.05) is 17.7 Å². The number of benzene rings is 1. The molecule has 2 heterocycles. The summed E-state index contributed by atoms with van der Waals surface area (Å²) < 4.78 is 34.0. The smallest absolute Gasteiger partial charge is 0.155 e. The van der Waals surface area contributed by atoms with Crippen LogP contribution >= 0.6 is 0 Å². The van der Waals surface area contributed by atoms with Gasteiger partial charge in [0.05, 0.1) is 24.0 Å². The molecule has 1 fully saturated rings. The molecule has 1 aliphatic rings. The molecular weight excluding hydrogens is 342 g/mol. The van der Waals surface area contributed by atoms with Crippen LogP contribution in [0.2, 0.25) is 0 Å². The molecule has 0 radical (unpaired) electrons. The van der Waals surface area contributed by atoms with Gasteiger partial charge in [-0.2, -0.15) is 0 Å². The van der Waals surface area contributed by atoms with Crippen LogP contribution in [0.3, 0.4) is 0 Å². The summed E-state index contributed by atoms with van der Waals surface area (Å²) in [6.07, 6.45) is -0.527. The largest absolute Gasteiger partial charge is 0.390 e. The minimum absolute atomic E-state index is 0.00245. The van der Waals surface area contributed by atoms with Crippen molar-refractivity contribution in [3.63, 3.8) is 0 Å². The van der Waals surface area contributed by atoms with Gasteiger partial charge >= 0.3 is 0 Å². The second-order valence-electron chi connectivity index (χ2n) is 7.03. The maximum absolute atomic E-state index is 15.1. The summed E-state index contributed by atoms with van der Waals surface area (Å²) in [4.78, 5) is 4.35. The van der Waals surface area contributed by atoms with Crippen LogP contribution in [0.1, 0.15) is 31.5 Å². The Morgan fingerprint density at radius 1 is 1.31 bits per heavy atom. The highest BCUT2D eigenvalue weighted by Gasteiger charge is 2.46. The number of aliphatic hydroxyl groups excluding tert-OH is 1. The second-order valence-corrected chi connectivity index (χ2v) is 7.03. The summed E-state index contributed by atoms with van der Waals surface area (Å²) in [7, 11) is 0. The fraction of sp³-hybridized carbons (Fsp3) is 0.421. The molecule has 1 aliphatic heterocycles. The van der Waals surface area contributed by atoms with Crippen molar-refractivity contribution in [1.82, 2.24) is 4.98 Å². The normalized spacial score (nSPS) is 23.4. The number of hydrogen-bond acceptors (Lipinski definition) is 5. The van der Waals surface area contributed by atoms with Crippen molar-refractivity contribution in [2.75, 3.05) is 13.2 Å². The Morgan fingerprint density at radius 3 is 2.46 bits per heavy atom. The minimum atomic E-state index is -1.50. The van der Waals surface area contributed by atoms with E-state index in [9.17, 15) is 14.6 Å². The Bertz CT molecular complexity index is 806. The number of ether oxygens (including phenoxy) is 1. The third-order valence-electron chi connectivity index (χ3n) is 4.76. The maximum Gasteiger partial charge on any atom is 0.155 e. The third-order valence-corrected chi connectivity index (χ3v) is 4.76. The Morgan fingerprint density at radius 2 is 1.96 bits per heavy atom. The number of aliphatic hydroxyl groups is 2. The van der Waals surface area contributed by atoms with Crippen molar-refractivity contribution in [3.05, 3.63) is 53.2 Å². The summed E-state index contributed by atoms with van der Waals surface area (Å²) in [5, 5.41) is 20.8. The average molecular weight is 364 g/mol. The molecule has 1 aromatic heterocycles. The van der Waals surface area contributed by atoms with Crippen LogP contribution < -0.4 is 5.73 Å². The van der Waals surface area contributed by atoms with Crippen LogP contribution in [0.15, 0.2) is 30.3 Å². The molecule has 2 unspecified atom stereocenters. The highest BCUT2D eigenvalue weighted by molar-refractivity contribution is 5.62. The lowest BCUT2D eigenvalue weighted by Crippen LogP contribution is -2.44. The zero-order valence-electron chi connectivity index (χ0n) is 14.7. The Hall–Kier alpha value is -1.93. The van der Waals surface area contributed by atoms with E-state index in [0.717, 1.165) is 0 Å². The fourth-order valence-corrected chi connectivity index (χ4v) is 3.22. The first kappa shape index (κ1) is 18.8. The predicted molar refractivity (Wildman–Crippen MR) is 92.1 cm³/mol. The van der Waals surface area contributed by atoms with E-state index in [0.29, 0.717) is 18.6 Å². The fourth-order valence-electron chi connectivity index (χ4n) is 3.22. The third kappa shape index (κ3) is 3.12. The molecular formula is C19H22F2N2O3. The molecule has 1 saturated heterocycles. The molecule has 26 heavy (non-hydrogen) atoms. The number of nitrogens with zero attached hydrogens (tertiary/aromatic N) is 1. The summed E-state index contributed by atoms with van der Waals surface area (Å²) in [6.45, 7) is 3.14. The topological polar surface area (TPSA) is 88.6 Å². The van der Waals surface area contributed by atoms with Gasteiger partial charge in [0.2, 0.25) is 0 Å². The van der Waals surface area contributed by atoms with Gasteiger partial charge < -0.3 is 20.7 Å². The highest BCUT2D eigenvalue weighted by Crippen LogP contribution is 2.39. The molecule has 2 atom stereocenters. The summed E-state index contributed by atoms with van der Waals surface area (Å²) in [6, 6.07) is 6.59. The number of pyridine rings is 1. The van der Waals surface area contributed by atoms with Gasteiger partial charge in [0.25, 0.3) is 0 Å². The van der Waals surface area contributed by atoms with E-state index in [-0.39, 0.29) is 23.5 Å². The second kappa shape index (κ2) is 6.66. The zero-order valence-corrected chi connectivity index (χ0v) is 14.7. The summed E-state index contributed by atoms with van der Waals surface area (Å²) in [5.74, 6) is -1.17. The van der Waals surface area contributed by atoms with Crippen molar-refractivity contribution >= 4 is 0 Å². The molecule has 0 spiro atoms. The zero-order chi connectivity index (χ0) is 19.1. The van der Waals surface area contributed by atoms with Crippen molar-refractivity contribution in [2.45, 2.75) is 37.6 Å². The Kier molecular flexibility index (Phi) is 4.83. The van der Waals surface area contributed by atoms with E-state index in [2.05, 4.69) is 4.98 Å². The molecule has 4 N–H and O–H groups in total. The van der Waals surface area contributed by atoms with Gasteiger partial charge in [0.1, 0.15) is 17.1 Å². The van der Waals surface area contributed by atoms with Gasteiger partial charge in [-0.3, -0.25) is 0 Å². The van der Waals surface area contributed by atoms with Crippen LogP contribution in [0.25, 0.3) is 11.3 Å². The molecule has 140 valence electrons. The van der Waals surface area contributed by atoms with Gasteiger partial charge in [0.15, 0.2) is 5.82 Å². The van der Waals surface area contributed by atoms with Crippen molar-refractivity contribution in [3.8, 4) is 11.3 Å². The lowest BCUT2D eigenvalue weighted by Gasteiger charge is -2.32. The van der Waals surface area contributed by atoms with Crippen molar-refractivity contribution in [1.29, 1.82) is 0 Å². The molecule has 7 heteroatoms. The van der Waals surface area contributed by atoms with E-state index in [1.807, 2.05) is 0 Å². The van der Waals surface area contributed by atoms with E-state index in [4.69, 9.17) is 10.5 Å². The molecule has 5 nitrogen and oxygen atoms in total. The predicted octanol–water partition coefficient (Wildman–Crippen LogP) is 2.19. The van der Waals surface area contributed by atoms with Crippen LogP contribution in [0.4, 0.5) is 8.78 Å². The first-order valence-corrected chi connectivity index (χ1v) is 8.41. The van der Waals surface area contributed by atoms with Crippen molar-refractivity contribution < 1.29 is 23.7 Å². The standard InChI is InChI=1S/C19H22F2N2O3/c1-18(2,25)13-9-14(19(10-22)15(24)7-8-26-19)23-17(16(13)21)11-3-5-12(20)6-4-11/h3-6,9,15,24-25H,7-8,10,22H2,1-2H3. The van der Waals surface area contributed by atoms with Crippen molar-refractivity contribution in [2.24, 2.45) is 5.73 Å². The number of rotatable bonds is 4. The van der Waals surface area contributed by atoms with Crippen LogP contribution in [-0.2, 0) is 15.9 Å².